The Bertz CT molecular complexity index is 665. The zero-order valence-electron chi connectivity index (χ0n) is 25.1. The Morgan fingerprint density at radius 1 is 0.865 bits per heavy atom. The van der Waals surface area contributed by atoms with E-state index in [1.165, 1.54) is 0 Å². The van der Waals surface area contributed by atoms with Gasteiger partial charge in [0.05, 0.1) is 17.8 Å². The number of rotatable bonds is 19. The lowest BCUT2D eigenvalue weighted by atomic mass is 9.80. The summed E-state index contributed by atoms with van der Waals surface area (Å²) in [6, 6.07) is -0.780. The quantitative estimate of drug-likeness (QED) is 0.126. The largest absolute Gasteiger partial charge is 0.375 e. The molecule has 0 saturated carbocycles. The molecule has 6 N–H and O–H groups in total. The maximum Gasteiger partial charge on any atom is 0.246 e. The van der Waals surface area contributed by atoms with Crippen molar-refractivity contribution in [3.63, 3.8) is 0 Å². The van der Waals surface area contributed by atoms with Crippen LogP contribution < -0.4 is 21.8 Å². The van der Waals surface area contributed by atoms with Crippen LogP contribution in [0.1, 0.15) is 101 Å². The van der Waals surface area contributed by atoms with E-state index in [-0.39, 0.29) is 24.3 Å². The van der Waals surface area contributed by atoms with E-state index < -0.39 is 28.6 Å². The Labute approximate surface area is 225 Å². The molecule has 0 aliphatic heterocycles. The van der Waals surface area contributed by atoms with Gasteiger partial charge in [0.25, 0.3) is 0 Å². The number of hydrogen-bond donors (Lipinski definition) is 5. The second-order valence-corrected chi connectivity index (χ2v) is 11.2. The van der Waals surface area contributed by atoms with Crippen LogP contribution in [0, 0.1) is 11.3 Å². The Balaban J connectivity index is 0. The molecular weight excluding hydrogens is 476 g/mol. The van der Waals surface area contributed by atoms with Crippen LogP contribution in [0.5, 0.6) is 0 Å². The van der Waals surface area contributed by atoms with Gasteiger partial charge < -0.3 is 31.0 Å². The van der Waals surface area contributed by atoms with Gasteiger partial charge in [0.15, 0.2) is 0 Å². The van der Waals surface area contributed by atoms with Crippen LogP contribution in [-0.2, 0) is 23.9 Å². The molecule has 0 spiro atoms. The molecule has 0 saturated heterocycles. The zero-order chi connectivity index (χ0) is 29.3. The highest BCUT2D eigenvalue weighted by Crippen LogP contribution is 2.26. The highest BCUT2D eigenvalue weighted by atomic mass is 16.5. The topological polar surface area (TPSA) is 152 Å². The molecule has 3 amide bonds. The summed E-state index contributed by atoms with van der Waals surface area (Å²) in [6.07, 6.45) is 2.97. The molecule has 1 unspecified atom stereocenters. The molecule has 0 aliphatic carbocycles. The van der Waals surface area contributed by atoms with Crippen molar-refractivity contribution in [3.8, 4) is 0 Å². The highest BCUT2D eigenvalue weighted by Gasteiger charge is 2.31. The monoisotopic (exact) mass is 532 g/mol. The van der Waals surface area contributed by atoms with E-state index in [1.807, 2.05) is 74.7 Å². The SMILES string of the molecule is CC.CC(C)C(C)(C)C(=O)NCCC(C)(C)OCCC(C)(C)OCC(=O)NCCCCC(NO)C(N)=O. The molecule has 0 bridgehead atoms. The predicted molar refractivity (Wildman–Crippen MR) is 147 cm³/mol. The van der Waals surface area contributed by atoms with Gasteiger partial charge in [-0.05, 0) is 65.7 Å². The van der Waals surface area contributed by atoms with E-state index in [0.717, 1.165) is 0 Å². The number of unbranched alkanes of at least 4 members (excludes halogenated alkanes) is 1. The standard InChI is InChI=1S/C25H50N4O6.C2H6/c1-18(2)25(7,8)22(32)28-15-12-23(3,4)34-16-13-24(5,6)35-17-20(30)27-14-10-9-11-19(29-33)21(26)31;1-2/h18-19,29,33H,9-17H2,1-8H3,(H2,26,31)(H,27,30)(H,28,32);1-2H3. The van der Waals surface area contributed by atoms with Crippen molar-refractivity contribution in [3.05, 3.63) is 0 Å². The van der Waals surface area contributed by atoms with Gasteiger partial charge in [-0.2, -0.15) is 5.48 Å². The van der Waals surface area contributed by atoms with E-state index >= 15 is 0 Å². The van der Waals surface area contributed by atoms with Crippen LogP contribution in [0.25, 0.3) is 0 Å². The lowest BCUT2D eigenvalue weighted by Gasteiger charge is -2.31. The van der Waals surface area contributed by atoms with Crippen LogP contribution >= 0.6 is 0 Å². The summed E-state index contributed by atoms with van der Waals surface area (Å²) in [5.74, 6) is -0.530. The second-order valence-electron chi connectivity index (χ2n) is 11.2. The van der Waals surface area contributed by atoms with Crippen molar-refractivity contribution in [2.24, 2.45) is 17.1 Å². The number of amides is 3. The zero-order valence-corrected chi connectivity index (χ0v) is 25.1. The Hall–Kier alpha value is -1.75. The molecule has 0 fully saturated rings. The van der Waals surface area contributed by atoms with E-state index in [4.69, 9.17) is 20.4 Å². The van der Waals surface area contributed by atoms with Crippen molar-refractivity contribution in [2.45, 2.75) is 119 Å². The van der Waals surface area contributed by atoms with Crippen LogP contribution in [0.4, 0.5) is 0 Å². The molecule has 0 heterocycles. The molecule has 0 aromatic rings. The summed E-state index contributed by atoms with van der Waals surface area (Å²) < 4.78 is 11.8. The normalized spacial score (nSPS) is 13.0. The predicted octanol–water partition coefficient (Wildman–Crippen LogP) is 3.30. The second kappa shape index (κ2) is 18.5. The van der Waals surface area contributed by atoms with Gasteiger partial charge in [-0.1, -0.05) is 41.5 Å². The molecule has 10 nitrogen and oxygen atoms in total. The van der Waals surface area contributed by atoms with Crippen molar-refractivity contribution in [1.82, 2.24) is 16.1 Å². The lowest BCUT2D eigenvalue weighted by molar-refractivity contribution is -0.134. The highest BCUT2D eigenvalue weighted by molar-refractivity contribution is 5.82. The number of carbonyl (C=O) groups is 3. The first kappa shape index (κ1) is 37.4. The molecular formula is C27H56N4O6. The van der Waals surface area contributed by atoms with Gasteiger partial charge in [-0.25, -0.2) is 0 Å². The van der Waals surface area contributed by atoms with Gasteiger partial charge in [0.1, 0.15) is 12.6 Å². The van der Waals surface area contributed by atoms with E-state index in [9.17, 15) is 14.4 Å². The van der Waals surface area contributed by atoms with Gasteiger partial charge in [-0.15, -0.1) is 0 Å². The van der Waals surface area contributed by atoms with Crippen LogP contribution in [0.2, 0.25) is 0 Å². The van der Waals surface area contributed by atoms with Gasteiger partial charge in [-0.3, -0.25) is 14.4 Å². The van der Waals surface area contributed by atoms with Crippen molar-refractivity contribution < 1.29 is 29.1 Å². The molecule has 0 aromatic carbocycles. The molecule has 10 heteroatoms. The first-order chi connectivity index (χ1) is 17.0. The smallest absolute Gasteiger partial charge is 0.246 e. The summed E-state index contributed by atoms with van der Waals surface area (Å²) in [5.41, 5.74) is 5.66. The first-order valence-corrected chi connectivity index (χ1v) is 13.6. The third-order valence-corrected chi connectivity index (χ3v) is 6.57. The Kier molecular flexibility index (Phi) is 18.7. The maximum absolute atomic E-state index is 12.4. The molecule has 220 valence electrons. The fourth-order valence-corrected chi connectivity index (χ4v) is 2.97. The number of ether oxygens (including phenoxy) is 2. The van der Waals surface area contributed by atoms with Gasteiger partial charge in [0, 0.05) is 18.5 Å². The van der Waals surface area contributed by atoms with Gasteiger partial charge in [0.2, 0.25) is 17.7 Å². The molecule has 0 aliphatic rings. The number of carbonyl (C=O) groups excluding carboxylic acids is 3. The minimum atomic E-state index is -0.780. The summed E-state index contributed by atoms with van der Waals surface area (Å²) in [6.45, 7) is 21.2. The van der Waals surface area contributed by atoms with Crippen LogP contribution in [0.15, 0.2) is 0 Å². The third kappa shape index (κ3) is 17.4. The Morgan fingerprint density at radius 2 is 1.43 bits per heavy atom. The average molecular weight is 533 g/mol. The van der Waals surface area contributed by atoms with Crippen molar-refractivity contribution in [2.75, 3.05) is 26.3 Å². The first-order valence-electron chi connectivity index (χ1n) is 13.6. The molecule has 37 heavy (non-hydrogen) atoms. The molecule has 0 aromatic heterocycles. The minimum absolute atomic E-state index is 0.0492. The fraction of sp³-hybridized carbons (Fsp3) is 0.889. The Morgan fingerprint density at radius 3 is 1.95 bits per heavy atom. The summed E-state index contributed by atoms with van der Waals surface area (Å²) in [7, 11) is 0. The average Bonchev–Trinajstić information content (AvgIpc) is 2.80. The molecule has 0 radical (unpaired) electrons. The molecule has 0 rings (SSSR count). The summed E-state index contributed by atoms with van der Waals surface area (Å²) >= 11 is 0. The van der Waals surface area contributed by atoms with E-state index in [2.05, 4.69) is 10.6 Å². The number of nitrogens with two attached hydrogens (primary N) is 1. The fourth-order valence-electron chi connectivity index (χ4n) is 2.97. The maximum atomic E-state index is 12.4. The molecule has 1 atom stereocenters. The van der Waals surface area contributed by atoms with E-state index in [1.54, 1.807) is 0 Å². The van der Waals surface area contributed by atoms with E-state index in [0.29, 0.717) is 51.8 Å². The number of hydroxylamine groups is 1. The summed E-state index contributed by atoms with van der Waals surface area (Å²) in [4.78, 5) is 35.5. The number of primary amides is 1. The third-order valence-electron chi connectivity index (χ3n) is 6.57. The minimum Gasteiger partial charge on any atom is -0.375 e. The lowest BCUT2D eigenvalue weighted by Crippen LogP contribution is -2.42. The number of nitrogens with one attached hydrogen (secondary N) is 3. The van der Waals surface area contributed by atoms with Crippen LogP contribution in [0.3, 0.4) is 0 Å². The van der Waals surface area contributed by atoms with Crippen molar-refractivity contribution in [1.29, 1.82) is 0 Å². The number of hydrogen-bond acceptors (Lipinski definition) is 7. The van der Waals surface area contributed by atoms with Crippen LogP contribution in [-0.4, -0.2) is 66.5 Å². The van der Waals surface area contributed by atoms with Gasteiger partial charge >= 0.3 is 0 Å². The van der Waals surface area contributed by atoms with Crippen molar-refractivity contribution >= 4 is 17.7 Å². The summed E-state index contributed by atoms with van der Waals surface area (Å²) in [5, 5.41) is 14.6.